The molecule has 1 amide bonds. The summed E-state index contributed by atoms with van der Waals surface area (Å²) in [5.74, 6) is -0.670. The molecule has 184 valence electrons. The molecule has 3 rings (SSSR count). The van der Waals surface area contributed by atoms with Gasteiger partial charge in [-0.2, -0.15) is 0 Å². The Balaban J connectivity index is 0.00000137. The Morgan fingerprint density at radius 3 is 2.15 bits per heavy atom. The van der Waals surface area contributed by atoms with E-state index >= 15 is 0 Å². The number of hydrogen-bond donors (Lipinski definition) is 3. The second kappa shape index (κ2) is 14.5. The molecule has 3 aromatic carbocycles. The van der Waals surface area contributed by atoms with Crippen molar-refractivity contribution < 1.29 is 14.6 Å². The van der Waals surface area contributed by atoms with Gasteiger partial charge in [-0.15, -0.1) is 0 Å². The number of ether oxygens (including phenoxy) is 1. The fraction of sp³-hybridized carbons (Fsp3) is 0.346. The van der Waals surface area contributed by atoms with Crippen LogP contribution in [0.1, 0.15) is 43.6 Å². The summed E-state index contributed by atoms with van der Waals surface area (Å²) in [6.07, 6.45) is 0. The van der Waals surface area contributed by atoms with Crippen molar-refractivity contribution in [2.24, 2.45) is 0 Å². The Morgan fingerprint density at radius 2 is 1.53 bits per heavy atom. The number of carbonyl (C=O) groups excluding carboxylic acids is 1. The van der Waals surface area contributed by atoms with E-state index in [0.29, 0.717) is 19.8 Å². The number of aromatic hydroxyl groups is 1. The first-order chi connectivity index (χ1) is 16.4. The maximum atomic E-state index is 12.2. The monoisotopic (exact) mass is 469 g/mol. The molecule has 3 N–H and O–H groups in total. The number of carbonyl (C=O) groups is 1. The standard InChI is InChI=1S/C22H23N3O5.2C2H6/c1-25(2)22(29)15-9-6-10-16(19(15)26)24-18-17(20(27)21(18)28)23-11-12-30-13-14-7-4-3-5-8-14;2*1-2/h3-10,23-24,26H,11-13H2,1-2H3;2*1-2H3. The molecule has 0 aliphatic heterocycles. The second-order valence-corrected chi connectivity index (χ2v) is 6.90. The summed E-state index contributed by atoms with van der Waals surface area (Å²) in [5.41, 5.74) is 0.147. The Kier molecular flexibility index (Phi) is 12.1. The molecule has 34 heavy (non-hydrogen) atoms. The van der Waals surface area contributed by atoms with E-state index in [4.69, 9.17) is 4.74 Å². The minimum absolute atomic E-state index is 0.0489. The van der Waals surface area contributed by atoms with Gasteiger partial charge in [-0.1, -0.05) is 64.1 Å². The third-order valence-electron chi connectivity index (χ3n) is 4.50. The SMILES string of the molecule is CC.CC.CN(C)C(=O)c1cccc(Nc2c(NCCOCc3ccccc3)c(=O)c2=O)c1O. The van der Waals surface area contributed by atoms with Gasteiger partial charge < -0.3 is 25.4 Å². The highest BCUT2D eigenvalue weighted by Gasteiger charge is 2.23. The van der Waals surface area contributed by atoms with Crippen LogP contribution < -0.4 is 21.5 Å². The number of anilines is 3. The van der Waals surface area contributed by atoms with E-state index in [1.807, 2.05) is 58.0 Å². The van der Waals surface area contributed by atoms with E-state index in [-0.39, 0.29) is 34.3 Å². The smallest absolute Gasteiger partial charge is 0.257 e. The van der Waals surface area contributed by atoms with E-state index in [1.165, 1.54) is 17.0 Å². The molecule has 0 aliphatic carbocycles. The maximum absolute atomic E-state index is 12.2. The number of nitrogens with one attached hydrogen (secondary N) is 2. The highest BCUT2D eigenvalue weighted by molar-refractivity contribution is 5.99. The van der Waals surface area contributed by atoms with Gasteiger partial charge in [0.15, 0.2) is 5.75 Å². The number of phenols is 1. The lowest BCUT2D eigenvalue weighted by molar-refractivity contribution is 0.0824. The molecule has 8 heteroatoms. The second-order valence-electron chi connectivity index (χ2n) is 6.90. The molecule has 0 atom stereocenters. The van der Waals surface area contributed by atoms with Gasteiger partial charge in [0.1, 0.15) is 11.4 Å². The molecule has 0 bridgehead atoms. The van der Waals surface area contributed by atoms with Gasteiger partial charge in [-0.3, -0.25) is 14.4 Å². The maximum Gasteiger partial charge on any atom is 0.257 e. The van der Waals surface area contributed by atoms with E-state index in [9.17, 15) is 19.5 Å². The first-order valence-corrected chi connectivity index (χ1v) is 11.4. The van der Waals surface area contributed by atoms with Crippen LogP contribution in [0.3, 0.4) is 0 Å². The van der Waals surface area contributed by atoms with E-state index in [1.54, 1.807) is 20.2 Å². The van der Waals surface area contributed by atoms with Gasteiger partial charge in [-0.25, -0.2) is 0 Å². The summed E-state index contributed by atoms with van der Waals surface area (Å²) < 4.78 is 5.55. The minimum atomic E-state index is -0.688. The average molecular weight is 470 g/mol. The first kappa shape index (κ1) is 28.4. The molecule has 0 fully saturated rings. The minimum Gasteiger partial charge on any atom is -0.505 e. The molecular formula is C26H35N3O5. The Morgan fingerprint density at radius 1 is 0.912 bits per heavy atom. The Hall–Kier alpha value is -3.65. The van der Waals surface area contributed by atoms with Crippen molar-refractivity contribution in [2.75, 3.05) is 37.9 Å². The van der Waals surface area contributed by atoms with E-state index < -0.39 is 10.9 Å². The molecule has 3 aromatic rings. The van der Waals surface area contributed by atoms with Crippen molar-refractivity contribution in [3.8, 4) is 5.75 Å². The van der Waals surface area contributed by atoms with Crippen molar-refractivity contribution in [2.45, 2.75) is 34.3 Å². The molecule has 0 spiro atoms. The summed E-state index contributed by atoms with van der Waals surface area (Å²) >= 11 is 0. The van der Waals surface area contributed by atoms with Gasteiger partial charge in [0, 0.05) is 20.6 Å². The summed E-state index contributed by atoms with van der Waals surface area (Å²) in [7, 11) is 3.14. The lowest BCUT2D eigenvalue weighted by Crippen LogP contribution is -2.37. The Bertz CT molecular complexity index is 1100. The highest BCUT2D eigenvalue weighted by atomic mass is 16.5. The predicted octanol–water partition coefficient (Wildman–Crippen LogP) is 4.11. The molecule has 8 nitrogen and oxygen atoms in total. The third kappa shape index (κ3) is 7.18. The average Bonchev–Trinajstić information content (AvgIpc) is 2.88. The molecule has 0 aliphatic rings. The van der Waals surface area contributed by atoms with Gasteiger partial charge in [0.05, 0.1) is 24.5 Å². The topological polar surface area (TPSA) is 108 Å². The number of benzene rings is 2. The van der Waals surface area contributed by atoms with Crippen LogP contribution in [0, 0.1) is 0 Å². The van der Waals surface area contributed by atoms with Crippen molar-refractivity contribution in [1.29, 1.82) is 0 Å². The lowest BCUT2D eigenvalue weighted by Gasteiger charge is -2.17. The van der Waals surface area contributed by atoms with Crippen LogP contribution in [0.5, 0.6) is 5.75 Å². The summed E-state index contributed by atoms with van der Waals surface area (Å²) in [5, 5.41) is 16.1. The van der Waals surface area contributed by atoms with Crippen LogP contribution in [0.4, 0.5) is 17.1 Å². The van der Waals surface area contributed by atoms with Crippen molar-refractivity contribution in [3.63, 3.8) is 0 Å². The normalized spacial score (nSPS) is 9.82. The zero-order valence-electron chi connectivity index (χ0n) is 20.8. The molecule has 0 unspecified atom stereocenters. The molecule has 0 radical (unpaired) electrons. The van der Waals surface area contributed by atoms with Gasteiger partial charge in [0.2, 0.25) is 0 Å². The molecular weight excluding hydrogens is 434 g/mol. The largest absolute Gasteiger partial charge is 0.505 e. The fourth-order valence-corrected chi connectivity index (χ4v) is 2.88. The zero-order chi connectivity index (χ0) is 25.7. The quantitative estimate of drug-likeness (QED) is 0.246. The molecule has 0 saturated heterocycles. The molecule has 0 heterocycles. The molecule has 0 saturated carbocycles. The predicted molar refractivity (Wildman–Crippen MR) is 138 cm³/mol. The van der Waals surface area contributed by atoms with Crippen LogP contribution in [-0.2, 0) is 11.3 Å². The first-order valence-electron chi connectivity index (χ1n) is 11.4. The van der Waals surface area contributed by atoms with E-state index in [2.05, 4.69) is 10.6 Å². The van der Waals surface area contributed by atoms with Gasteiger partial charge >= 0.3 is 0 Å². The summed E-state index contributed by atoms with van der Waals surface area (Å²) in [4.78, 5) is 37.4. The Labute approximate surface area is 200 Å². The van der Waals surface area contributed by atoms with Crippen LogP contribution in [0.25, 0.3) is 0 Å². The summed E-state index contributed by atoms with van der Waals surface area (Å²) in [6, 6.07) is 14.3. The number of amides is 1. The number of nitrogens with zero attached hydrogens (tertiary/aromatic N) is 1. The third-order valence-corrected chi connectivity index (χ3v) is 4.50. The lowest BCUT2D eigenvalue weighted by atomic mass is 10.1. The zero-order valence-corrected chi connectivity index (χ0v) is 20.8. The number of para-hydroxylation sites is 1. The van der Waals surface area contributed by atoms with Crippen molar-refractivity contribution in [1.82, 2.24) is 4.90 Å². The highest BCUT2D eigenvalue weighted by Crippen LogP contribution is 2.31. The van der Waals surface area contributed by atoms with Crippen molar-refractivity contribution >= 4 is 23.0 Å². The van der Waals surface area contributed by atoms with E-state index in [0.717, 1.165) is 5.56 Å². The van der Waals surface area contributed by atoms with Gasteiger partial charge in [-0.05, 0) is 17.7 Å². The summed E-state index contributed by atoms with van der Waals surface area (Å²) in [6.45, 7) is 9.11. The molecule has 0 aromatic heterocycles. The van der Waals surface area contributed by atoms with Crippen LogP contribution >= 0.6 is 0 Å². The van der Waals surface area contributed by atoms with Crippen LogP contribution in [-0.4, -0.2) is 43.2 Å². The van der Waals surface area contributed by atoms with Crippen molar-refractivity contribution in [3.05, 3.63) is 80.1 Å². The van der Waals surface area contributed by atoms with Crippen LogP contribution in [0.2, 0.25) is 0 Å². The number of hydrogen-bond acceptors (Lipinski definition) is 7. The fourth-order valence-electron chi connectivity index (χ4n) is 2.88. The number of rotatable bonds is 9. The number of phenolic OH excluding ortho intramolecular Hbond substituents is 1. The van der Waals surface area contributed by atoms with Crippen LogP contribution in [0.15, 0.2) is 58.1 Å². The van der Waals surface area contributed by atoms with Gasteiger partial charge in [0.25, 0.3) is 16.8 Å².